The lowest BCUT2D eigenvalue weighted by atomic mass is 10.1. The number of ether oxygens (including phenoxy) is 1. The van der Waals surface area contributed by atoms with Gasteiger partial charge in [-0.1, -0.05) is 35.5 Å². The molecule has 0 radical (unpaired) electrons. The van der Waals surface area contributed by atoms with Gasteiger partial charge in [-0.15, -0.1) is 0 Å². The van der Waals surface area contributed by atoms with E-state index in [4.69, 9.17) is 9.26 Å². The Bertz CT molecular complexity index is 1230. The van der Waals surface area contributed by atoms with Gasteiger partial charge in [0.25, 0.3) is 5.91 Å². The number of rotatable bonds is 8. The molecule has 1 amide bonds. The van der Waals surface area contributed by atoms with E-state index in [0.717, 1.165) is 11.3 Å². The number of carbonyl (C=O) groups is 2. The molecule has 0 saturated heterocycles. The third-order valence-electron chi connectivity index (χ3n) is 4.98. The highest BCUT2D eigenvalue weighted by atomic mass is 16.5. The lowest BCUT2D eigenvalue weighted by Gasteiger charge is -2.18. The fourth-order valence-corrected chi connectivity index (χ4v) is 3.23. The molecule has 0 saturated carbocycles. The molecule has 4 rings (SSSR count). The first-order valence-corrected chi connectivity index (χ1v) is 10.5. The molecule has 0 fully saturated rings. The number of amides is 1. The van der Waals surface area contributed by atoms with Gasteiger partial charge in [0.15, 0.2) is 0 Å². The van der Waals surface area contributed by atoms with E-state index in [1.807, 2.05) is 36.4 Å². The molecular weight excluding hydrogens is 420 g/mol. The van der Waals surface area contributed by atoms with Crippen LogP contribution in [0.15, 0.2) is 83.6 Å². The average molecular weight is 442 g/mol. The summed E-state index contributed by atoms with van der Waals surface area (Å²) in [7, 11) is 1.67. The number of nitrogens with zero attached hydrogens (tertiary/aromatic N) is 4. The van der Waals surface area contributed by atoms with E-state index in [9.17, 15) is 9.59 Å². The largest absolute Gasteiger partial charge is 0.462 e. The molecule has 0 spiro atoms. The summed E-state index contributed by atoms with van der Waals surface area (Å²) in [4.78, 5) is 35.5. The second-order valence-electron chi connectivity index (χ2n) is 7.24. The van der Waals surface area contributed by atoms with Gasteiger partial charge in [-0.2, -0.15) is 4.98 Å². The van der Waals surface area contributed by atoms with Gasteiger partial charge in [0, 0.05) is 37.1 Å². The Labute approximate surface area is 190 Å². The third-order valence-corrected chi connectivity index (χ3v) is 4.98. The van der Waals surface area contributed by atoms with Crippen molar-refractivity contribution in [3.8, 4) is 11.4 Å². The fourth-order valence-electron chi connectivity index (χ4n) is 3.23. The molecule has 0 aliphatic rings. The first-order chi connectivity index (χ1) is 16.1. The van der Waals surface area contributed by atoms with Gasteiger partial charge in [0.2, 0.25) is 11.7 Å². The van der Waals surface area contributed by atoms with E-state index in [0.29, 0.717) is 24.6 Å². The molecular formula is C25H22N4O4. The lowest BCUT2D eigenvalue weighted by molar-refractivity contribution is 0.0495. The van der Waals surface area contributed by atoms with Crippen LogP contribution in [0, 0.1) is 0 Å². The summed E-state index contributed by atoms with van der Waals surface area (Å²) in [5.41, 5.74) is 2.00. The molecule has 2 heterocycles. The zero-order valence-electron chi connectivity index (χ0n) is 18.0. The van der Waals surface area contributed by atoms with Crippen LogP contribution in [-0.4, -0.2) is 40.7 Å². The van der Waals surface area contributed by atoms with Crippen molar-refractivity contribution in [2.24, 2.45) is 0 Å². The Hall–Kier alpha value is -4.33. The SMILES string of the molecule is CN(C(=O)c1ccccc1C(=O)OCCCc1nc(-c2cccnc2)no1)c1ccccc1. The van der Waals surface area contributed by atoms with Crippen molar-refractivity contribution in [3.05, 3.63) is 96.1 Å². The van der Waals surface area contributed by atoms with Crippen LogP contribution in [0.2, 0.25) is 0 Å². The number of hydrogen-bond acceptors (Lipinski definition) is 7. The van der Waals surface area contributed by atoms with Crippen LogP contribution in [0.5, 0.6) is 0 Å². The number of carbonyl (C=O) groups excluding carboxylic acids is 2. The number of esters is 1. The van der Waals surface area contributed by atoms with Crippen molar-refractivity contribution < 1.29 is 18.8 Å². The molecule has 2 aromatic heterocycles. The predicted octanol–water partition coefficient (Wildman–Crippen LogP) is 4.20. The number of aromatic nitrogens is 3. The van der Waals surface area contributed by atoms with Crippen LogP contribution in [0.3, 0.4) is 0 Å². The van der Waals surface area contributed by atoms with Gasteiger partial charge in [-0.25, -0.2) is 4.79 Å². The fraction of sp³-hybridized carbons (Fsp3) is 0.160. The van der Waals surface area contributed by atoms with E-state index >= 15 is 0 Å². The number of para-hydroxylation sites is 1. The monoisotopic (exact) mass is 442 g/mol. The van der Waals surface area contributed by atoms with Gasteiger partial charge in [-0.3, -0.25) is 9.78 Å². The first-order valence-electron chi connectivity index (χ1n) is 10.5. The van der Waals surface area contributed by atoms with E-state index in [1.54, 1.807) is 49.8 Å². The maximum absolute atomic E-state index is 13.0. The van der Waals surface area contributed by atoms with Crippen molar-refractivity contribution in [1.29, 1.82) is 0 Å². The lowest BCUT2D eigenvalue weighted by Crippen LogP contribution is -2.28. The highest BCUT2D eigenvalue weighted by molar-refractivity contribution is 6.11. The quantitative estimate of drug-likeness (QED) is 0.298. The molecule has 0 bridgehead atoms. The minimum Gasteiger partial charge on any atom is -0.462 e. The molecule has 2 aromatic carbocycles. The van der Waals surface area contributed by atoms with Crippen LogP contribution in [0.4, 0.5) is 5.69 Å². The van der Waals surface area contributed by atoms with Gasteiger partial charge >= 0.3 is 5.97 Å². The second-order valence-corrected chi connectivity index (χ2v) is 7.24. The molecule has 0 atom stereocenters. The Morgan fingerprint density at radius 1 is 0.970 bits per heavy atom. The molecule has 0 aliphatic carbocycles. The van der Waals surface area contributed by atoms with E-state index in [2.05, 4.69) is 15.1 Å². The highest BCUT2D eigenvalue weighted by Gasteiger charge is 2.21. The Kier molecular flexibility index (Phi) is 6.84. The van der Waals surface area contributed by atoms with Crippen molar-refractivity contribution >= 4 is 17.6 Å². The third kappa shape index (κ3) is 5.30. The van der Waals surface area contributed by atoms with E-state index in [-0.39, 0.29) is 23.6 Å². The summed E-state index contributed by atoms with van der Waals surface area (Å²) in [6.07, 6.45) is 4.28. The van der Waals surface area contributed by atoms with Gasteiger partial charge in [-0.05, 0) is 42.8 Å². The summed E-state index contributed by atoms with van der Waals surface area (Å²) in [5.74, 6) is 0.0690. The van der Waals surface area contributed by atoms with Crippen molar-refractivity contribution in [1.82, 2.24) is 15.1 Å². The Morgan fingerprint density at radius 3 is 2.48 bits per heavy atom. The molecule has 4 aromatic rings. The predicted molar refractivity (Wildman–Crippen MR) is 122 cm³/mol. The van der Waals surface area contributed by atoms with Gasteiger partial charge < -0.3 is 14.2 Å². The number of hydrogen-bond donors (Lipinski definition) is 0. The van der Waals surface area contributed by atoms with Crippen molar-refractivity contribution in [2.75, 3.05) is 18.6 Å². The highest BCUT2D eigenvalue weighted by Crippen LogP contribution is 2.19. The average Bonchev–Trinajstić information content (AvgIpc) is 3.36. The number of benzene rings is 2. The molecule has 0 unspecified atom stereocenters. The summed E-state index contributed by atoms with van der Waals surface area (Å²) in [6, 6.07) is 19.5. The summed E-state index contributed by atoms with van der Waals surface area (Å²) < 4.78 is 10.7. The van der Waals surface area contributed by atoms with Crippen LogP contribution in [0.1, 0.15) is 33.0 Å². The first kappa shape index (κ1) is 21.9. The van der Waals surface area contributed by atoms with Crippen molar-refractivity contribution in [3.63, 3.8) is 0 Å². The Balaban J connectivity index is 1.34. The van der Waals surface area contributed by atoms with Gasteiger partial charge in [0.05, 0.1) is 17.7 Å². The summed E-state index contributed by atoms with van der Waals surface area (Å²) in [5, 5.41) is 3.94. The molecule has 166 valence electrons. The minimum absolute atomic E-state index is 0.153. The van der Waals surface area contributed by atoms with Crippen LogP contribution < -0.4 is 4.90 Å². The molecule has 33 heavy (non-hydrogen) atoms. The molecule has 8 heteroatoms. The number of pyridine rings is 1. The summed E-state index contributed by atoms with van der Waals surface area (Å²) in [6.45, 7) is 0.153. The van der Waals surface area contributed by atoms with Crippen LogP contribution in [0.25, 0.3) is 11.4 Å². The number of aryl methyl sites for hydroxylation is 1. The molecule has 0 N–H and O–H groups in total. The maximum atomic E-state index is 13.0. The molecule has 8 nitrogen and oxygen atoms in total. The Morgan fingerprint density at radius 2 is 1.73 bits per heavy atom. The normalized spacial score (nSPS) is 10.6. The standard InChI is InChI=1S/C25H22N4O4/c1-29(19-10-3-2-4-11-19)24(30)20-12-5-6-13-21(20)25(31)32-16-8-14-22-27-23(28-33-22)18-9-7-15-26-17-18/h2-7,9-13,15,17H,8,14,16H2,1H3. The maximum Gasteiger partial charge on any atom is 0.338 e. The molecule has 0 aliphatic heterocycles. The van der Waals surface area contributed by atoms with E-state index < -0.39 is 5.97 Å². The van der Waals surface area contributed by atoms with E-state index in [1.165, 1.54) is 4.90 Å². The van der Waals surface area contributed by atoms with Gasteiger partial charge in [0.1, 0.15) is 0 Å². The zero-order valence-corrected chi connectivity index (χ0v) is 18.0. The van der Waals surface area contributed by atoms with Crippen LogP contribution in [-0.2, 0) is 11.2 Å². The number of anilines is 1. The smallest absolute Gasteiger partial charge is 0.338 e. The summed E-state index contributed by atoms with van der Waals surface area (Å²) >= 11 is 0. The topological polar surface area (TPSA) is 98.4 Å². The van der Waals surface area contributed by atoms with Crippen LogP contribution >= 0.6 is 0 Å². The second kappa shape index (κ2) is 10.3. The van der Waals surface area contributed by atoms with Crippen molar-refractivity contribution in [2.45, 2.75) is 12.8 Å². The minimum atomic E-state index is -0.554. The zero-order chi connectivity index (χ0) is 23.0.